The Kier molecular flexibility index (Phi) is 14.9. The predicted octanol–water partition coefficient (Wildman–Crippen LogP) is 19.1. The van der Waals surface area contributed by atoms with E-state index in [0.29, 0.717) is 0 Å². The van der Waals surface area contributed by atoms with Crippen molar-refractivity contribution >= 4 is 207 Å². The summed E-state index contributed by atoms with van der Waals surface area (Å²) in [5.41, 5.74) is 0. The number of hydrogen-bond acceptors (Lipinski definition) is 10. The fourth-order valence-corrected chi connectivity index (χ4v) is 37.8. The Bertz CT molecular complexity index is 2330. The molecule has 0 spiro atoms. The van der Waals surface area contributed by atoms with Crippen LogP contribution in [-0.4, -0.2) is 18.4 Å². The van der Waals surface area contributed by atoms with Crippen molar-refractivity contribution < 1.29 is 0 Å². The van der Waals surface area contributed by atoms with Crippen molar-refractivity contribution in [1.82, 2.24) is 0 Å². The minimum atomic E-state index is -2.22. The first kappa shape index (κ1) is 40.1. The molecule has 0 radical (unpaired) electrons. The topological polar surface area (TPSA) is 0 Å². The molecular weight excluding hydrogens is 1000 g/mol. The van der Waals surface area contributed by atoms with Gasteiger partial charge in [-0.2, -0.15) is 11.3 Å². The molecule has 0 amide bonds. The molecule has 0 aliphatic heterocycles. The van der Waals surface area contributed by atoms with Crippen LogP contribution >= 0.6 is 129 Å². The first-order valence-corrected chi connectivity index (χ1v) is 34.7. The maximum absolute atomic E-state index is 3.29. The van der Waals surface area contributed by atoms with Crippen LogP contribution in [-0.2, 0) is 0 Å². The van der Waals surface area contributed by atoms with Crippen molar-refractivity contribution in [3.63, 3.8) is 0 Å². The van der Waals surface area contributed by atoms with Crippen LogP contribution < -0.4 is 2.89 Å². The van der Waals surface area contributed by atoms with Gasteiger partial charge >= 0.3 is 164 Å². The van der Waals surface area contributed by atoms with Gasteiger partial charge < -0.3 is 0 Å². The second-order valence-corrected chi connectivity index (χ2v) is 37.5. The van der Waals surface area contributed by atoms with Crippen LogP contribution in [0.15, 0.2) is 84.6 Å². The van der Waals surface area contributed by atoms with E-state index in [4.69, 9.17) is 0 Å². The molecule has 12 heteroatoms. The minimum absolute atomic E-state index is 1.17. The van der Waals surface area contributed by atoms with Crippen LogP contribution in [0.3, 0.4) is 0 Å². The zero-order chi connectivity index (χ0) is 35.9. The smallest absolute Gasteiger partial charge is 0.0629 e. The molecule has 0 aliphatic rings. The Morgan fingerprint density at radius 3 is 1.17 bits per heavy atom. The maximum Gasteiger partial charge on any atom is 0.0629 e. The molecule has 0 atom stereocenters. The van der Waals surface area contributed by atoms with Crippen LogP contribution in [0, 0.1) is 0 Å². The molecule has 0 fully saturated rings. The van der Waals surface area contributed by atoms with E-state index in [-0.39, 0.29) is 0 Å². The van der Waals surface area contributed by atoms with E-state index < -0.39 is 18.4 Å². The normalized spacial score (nSPS) is 11.8. The molecule has 0 aromatic carbocycles. The van der Waals surface area contributed by atoms with Crippen molar-refractivity contribution in [3.8, 4) is 0 Å². The van der Waals surface area contributed by atoms with E-state index in [9.17, 15) is 0 Å². The molecule has 52 heavy (non-hydrogen) atoms. The van der Waals surface area contributed by atoms with E-state index in [1.807, 2.05) is 110 Å². The number of rotatable bonds is 10. The predicted molar refractivity (Wildman–Crippen MR) is 262 cm³/mol. The van der Waals surface area contributed by atoms with E-state index in [1.54, 1.807) is 38.7 Å². The molecule has 0 N–H and O–H groups in total. The summed E-state index contributed by atoms with van der Waals surface area (Å²) in [6.45, 7) is 7.12. The van der Waals surface area contributed by atoms with Gasteiger partial charge in [-0.1, -0.05) is 0 Å². The van der Waals surface area contributed by atoms with Gasteiger partial charge in [0.05, 0.1) is 18.8 Å². The summed E-state index contributed by atoms with van der Waals surface area (Å²) in [6, 6.07) is 15.8. The molecule has 10 aromatic rings. The third kappa shape index (κ3) is 9.17. The van der Waals surface area contributed by atoms with E-state index >= 15 is 0 Å². The molecule has 0 unspecified atom stereocenters. The van der Waals surface area contributed by atoms with Gasteiger partial charge in [-0.05, 0) is 73.2 Å². The maximum atomic E-state index is 3.29. The standard InChI is InChI=1S/2C8H4S3.C8H3S3.C4H3BrS.3C4H9.Sn/c3*1-3-9-7-5(1)11-6-2-4-10-8(6)7;5-4-1-2-6-3-4;3*1-3-4-2;/h2*1-4H;1-3H;1-3H;3*1,3-4H2,2H3;. The Morgan fingerprint density at radius 2 is 0.846 bits per heavy atom. The molecule has 10 rings (SSSR count). The molecular formula is C40H41BrS10Sn. The van der Waals surface area contributed by atoms with Crippen molar-refractivity contribution in [3.05, 3.63) is 84.6 Å². The molecule has 0 bridgehead atoms. The average molecular weight is 1040 g/mol. The van der Waals surface area contributed by atoms with E-state index in [0.717, 1.165) is 0 Å². The summed E-state index contributed by atoms with van der Waals surface area (Å²) in [6.07, 6.45) is 8.49. The fraction of sp³-hybridized carbons (Fsp3) is 0.300. The van der Waals surface area contributed by atoms with Gasteiger partial charge in [0.15, 0.2) is 0 Å². The molecule has 272 valence electrons. The number of fused-ring (bicyclic) bond motifs is 9. The van der Waals surface area contributed by atoms with Crippen LogP contribution in [0.25, 0.3) is 56.4 Å². The third-order valence-electron chi connectivity index (χ3n) is 9.16. The molecule has 0 nitrogen and oxygen atoms in total. The summed E-state index contributed by atoms with van der Waals surface area (Å²) in [5.74, 6) is 0. The van der Waals surface area contributed by atoms with Gasteiger partial charge in [-0.3, -0.25) is 0 Å². The van der Waals surface area contributed by atoms with Crippen molar-refractivity contribution in [2.24, 2.45) is 0 Å². The first-order valence-electron chi connectivity index (χ1n) is 17.8. The molecule has 10 aromatic heterocycles. The van der Waals surface area contributed by atoms with Crippen LogP contribution in [0.2, 0.25) is 13.3 Å². The Labute approximate surface area is 359 Å². The summed E-state index contributed by atoms with van der Waals surface area (Å²) < 4.78 is 25.8. The Morgan fingerprint density at radius 1 is 0.462 bits per heavy atom. The van der Waals surface area contributed by atoms with E-state index in [1.165, 1.54) is 85.3 Å². The van der Waals surface area contributed by atoms with E-state index in [2.05, 4.69) is 111 Å². The second kappa shape index (κ2) is 19.3. The fourth-order valence-electron chi connectivity index (χ4n) is 6.48. The SMILES string of the molecule is Brc1ccsc1.CCC[CH2][Sn]([CH2]CCC)([CH2]CCC)[c]1cc2sc3ccsc3c2s1.c1cc2sc3ccsc3c2s1.c1cc2sc3ccsc3c2s1. The summed E-state index contributed by atoms with van der Waals surface area (Å²) in [4.78, 5) is 0. The zero-order valence-electron chi connectivity index (χ0n) is 29.4. The Hall–Kier alpha value is -0.161. The molecule has 0 saturated carbocycles. The second-order valence-electron chi connectivity index (χ2n) is 12.7. The molecule has 0 aliphatic carbocycles. The summed E-state index contributed by atoms with van der Waals surface area (Å²) >= 11 is 20.1. The molecule has 10 heterocycles. The number of hydrogen-bond donors (Lipinski definition) is 0. The van der Waals surface area contributed by atoms with Crippen LogP contribution in [0.4, 0.5) is 0 Å². The van der Waals surface area contributed by atoms with Crippen molar-refractivity contribution in [2.45, 2.75) is 72.6 Å². The van der Waals surface area contributed by atoms with Crippen LogP contribution in [0.1, 0.15) is 59.3 Å². The summed E-state index contributed by atoms with van der Waals surface area (Å²) in [7, 11) is 0. The van der Waals surface area contributed by atoms with Crippen molar-refractivity contribution in [1.29, 1.82) is 0 Å². The van der Waals surface area contributed by atoms with Gasteiger partial charge in [0.1, 0.15) is 0 Å². The summed E-state index contributed by atoms with van der Waals surface area (Å²) in [5, 5.41) is 15.0. The number of thiophene rings is 10. The monoisotopic (exact) mass is 1040 g/mol. The van der Waals surface area contributed by atoms with Gasteiger partial charge in [0.25, 0.3) is 0 Å². The largest absolute Gasteiger partial charge is 0.141 e. The van der Waals surface area contributed by atoms with Crippen molar-refractivity contribution in [2.75, 3.05) is 0 Å². The zero-order valence-corrected chi connectivity index (χ0v) is 42.0. The molecule has 0 saturated heterocycles. The van der Waals surface area contributed by atoms with Crippen LogP contribution in [0.5, 0.6) is 0 Å². The minimum Gasteiger partial charge on any atom is -0.141 e. The van der Waals surface area contributed by atoms with Gasteiger partial charge in [-0.25, -0.2) is 0 Å². The van der Waals surface area contributed by atoms with Gasteiger partial charge in [-0.15, -0.1) is 68.0 Å². The van der Waals surface area contributed by atoms with Gasteiger partial charge in [0.2, 0.25) is 0 Å². The third-order valence-corrected chi connectivity index (χ3v) is 39.2. The number of halogens is 1. The average Bonchev–Trinajstić information content (AvgIpc) is 3.94. The number of unbranched alkanes of at least 4 members (excludes halogenated alkanes) is 3. The Balaban J connectivity index is 0.000000123. The first-order chi connectivity index (χ1) is 25.5. The quantitative estimate of drug-likeness (QED) is 0.120. The van der Waals surface area contributed by atoms with Gasteiger partial charge in [0, 0.05) is 28.7 Å².